The minimum absolute atomic E-state index is 0.0559. The van der Waals surface area contributed by atoms with Crippen molar-refractivity contribution in [1.82, 2.24) is 9.47 Å². The summed E-state index contributed by atoms with van der Waals surface area (Å²) in [5.74, 6) is 0. The summed E-state index contributed by atoms with van der Waals surface area (Å²) in [5.41, 5.74) is 1.02. The second kappa shape index (κ2) is 6.62. The molecule has 0 spiro atoms. The maximum Gasteiger partial charge on any atom is 0.410 e. The molecule has 26 heavy (non-hydrogen) atoms. The molecule has 140 valence electrons. The summed E-state index contributed by atoms with van der Waals surface area (Å²) in [6.45, 7) is 10.3. The Morgan fingerprint density at radius 2 is 1.96 bits per heavy atom. The van der Waals surface area contributed by atoms with E-state index in [9.17, 15) is 9.59 Å². The van der Waals surface area contributed by atoms with Crippen LogP contribution in [0.1, 0.15) is 58.8 Å². The first kappa shape index (κ1) is 18.8. The largest absolute Gasteiger partial charge is 0.444 e. The molecule has 0 saturated carbocycles. The van der Waals surface area contributed by atoms with Crippen LogP contribution in [0.15, 0.2) is 29.1 Å². The van der Waals surface area contributed by atoms with Gasteiger partial charge in [0, 0.05) is 34.8 Å². The Morgan fingerprint density at radius 1 is 1.27 bits per heavy atom. The molecule has 5 nitrogen and oxygen atoms in total. The van der Waals surface area contributed by atoms with Crippen molar-refractivity contribution in [2.45, 2.75) is 58.7 Å². The van der Waals surface area contributed by atoms with Gasteiger partial charge in [-0.3, -0.25) is 9.69 Å². The highest BCUT2D eigenvalue weighted by Gasteiger charge is 2.38. The molecule has 1 atom stereocenters. The van der Waals surface area contributed by atoms with Gasteiger partial charge in [0.15, 0.2) is 5.43 Å². The summed E-state index contributed by atoms with van der Waals surface area (Å²) in [6.07, 6.45) is 0.458. The number of ether oxygens (including phenoxy) is 1. The molecule has 0 bridgehead atoms. The standard InChI is InChI=1S/C20H25ClN2O3/c1-12(2)23-16-10-13(21)6-7-14(16)18(24)11-17(23)15-8-9-22(15)19(25)26-20(3,4)5/h6-7,10-12,15H,8-9H2,1-5H3. The average molecular weight is 377 g/mol. The van der Waals surface area contributed by atoms with E-state index in [1.165, 1.54) is 0 Å². The van der Waals surface area contributed by atoms with Gasteiger partial charge in [0.25, 0.3) is 0 Å². The smallest absolute Gasteiger partial charge is 0.410 e. The van der Waals surface area contributed by atoms with Crippen LogP contribution in [0, 0.1) is 0 Å². The van der Waals surface area contributed by atoms with Crippen LogP contribution in [0.2, 0.25) is 5.02 Å². The molecule has 0 N–H and O–H groups in total. The molecule has 1 amide bonds. The number of halogens is 1. The summed E-state index contributed by atoms with van der Waals surface area (Å²) in [4.78, 5) is 26.8. The van der Waals surface area contributed by atoms with Crippen molar-refractivity contribution in [2.24, 2.45) is 0 Å². The second-order valence-electron chi connectivity index (χ2n) is 8.04. The van der Waals surface area contributed by atoms with Crippen LogP contribution in [-0.4, -0.2) is 27.7 Å². The second-order valence-corrected chi connectivity index (χ2v) is 8.47. The van der Waals surface area contributed by atoms with Crippen LogP contribution in [0.5, 0.6) is 0 Å². The molecular weight excluding hydrogens is 352 g/mol. The fraction of sp³-hybridized carbons (Fsp3) is 0.500. The fourth-order valence-corrected chi connectivity index (χ4v) is 3.57. The fourth-order valence-electron chi connectivity index (χ4n) is 3.40. The summed E-state index contributed by atoms with van der Waals surface area (Å²) in [5, 5.41) is 1.22. The predicted octanol–water partition coefficient (Wildman–Crippen LogP) is 4.92. The number of fused-ring (bicyclic) bond motifs is 1. The third-order valence-electron chi connectivity index (χ3n) is 4.55. The van der Waals surface area contributed by atoms with Gasteiger partial charge >= 0.3 is 6.09 Å². The minimum Gasteiger partial charge on any atom is -0.444 e. The minimum atomic E-state index is -0.550. The third-order valence-corrected chi connectivity index (χ3v) is 4.78. The average Bonchev–Trinajstić information content (AvgIpc) is 2.43. The number of carbonyl (C=O) groups is 1. The molecule has 1 saturated heterocycles. The number of aromatic nitrogens is 1. The zero-order chi connectivity index (χ0) is 19.2. The number of pyridine rings is 1. The molecule has 0 radical (unpaired) electrons. The van der Waals surface area contributed by atoms with Gasteiger partial charge in [-0.2, -0.15) is 0 Å². The summed E-state index contributed by atoms with van der Waals surface area (Å²) >= 11 is 6.18. The van der Waals surface area contributed by atoms with Gasteiger partial charge < -0.3 is 9.30 Å². The molecule has 1 unspecified atom stereocenters. The van der Waals surface area contributed by atoms with Gasteiger partial charge in [-0.25, -0.2) is 4.79 Å². The van der Waals surface area contributed by atoms with Crippen LogP contribution in [0.25, 0.3) is 10.9 Å². The predicted molar refractivity (Wildman–Crippen MR) is 104 cm³/mol. The molecule has 2 heterocycles. The first-order valence-electron chi connectivity index (χ1n) is 8.93. The Bertz CT molecular complexity index is 912. The zero-order valence-electron chi connectivity index (χ0n) is 15.9. The van der Waals surface area contributed by atoms with Crippen molar-refractivity contribution in [3.8, 4) is 0 Å². The normalized spacial score (nSPS) is 17.5. The van der Waals surface area contributed by atoms with E-state index in [4.69, 9.17) is 16.3 Å². The maximum atomic E-state index is 12.6. The van der Waals surface area contributed by atoms with E-state index in [0.29, 0.717) is 17.0 Å². The van der Waals surface area contributed by atoms with E-state index in [1.807, 2.05) is 26.8 Å². The summed E-state index contributed by atoms with van der Waals surface area (Å²) in [7, 11) is 0. The van der Waals surface area contributed by atoms with Crippen molar-refractivity contribution in [3.05, 3.63) is 45.2 Å². The first-order valence-corrected chi connectivity index (χ1v) is 9.30. The first-order chi connectivity index (χ1) is 12.1. The Kier molecular flexibility index (Phi) is 4.78. The molecule has 0 aliphatic carbocycles. The van der Waals surface area contributed by atoms with Crippen molar-refractivity contribution >= 4 is 28.6 Å². The lowest BCUT2D eigenvalue weighted by Crippen LogP contribution is -2.48. The van der Waals surface area contributed by atoms with Crippen LogP contribution in [0.4, 0.5) is 4.79 Å². The Morgan fingerprint density at radius 3 is 2.50 bits per heavy atom. The summed E-state index contributed by atoms with van der Waals surface area (Å²) in [6, 6.07) is 6.91. The van der Waals surface area contributed by atoms with Crippen molar-refractivity contribution in [1.29, 1.82) is 0 Å². The highest BCUT2D eigenvalue weighted by molar-refractivity contribution is 6.31. The maximum absolute atomic E-state index is 12.6. The zero-order valence-corrected chi connectivity index (χ0v) is 16.6. The number of hydrogen-bond donors (Lipinski definition) is 0. The third kappa shape index (κ3) is 3.45. The van der Waals surface area contributed by atoms with Gasteiger partial charge in [0.2, 0.25) is 0 Å². The number of nitrogens with zero attached hydrogens (tertiary/aromatic N) is 2. The molecule has 1 fully saturated rings. The van der Waals surface area contributed by atoms with E-state index >= 15 is 0 Å². The lowest BCUT2D eigenvalue weighted by molar-refractivity contribution is -0.00734. The lowest BCUT2D eigenvalue weighted by atomic mass is 9.97. The molecule has 1 aliphatic rings. The number of likely N-dealkylation sites (tertiary alicyclic amines) is 1. The van der Waals surface area contributed by atoms with Crippen LogP contribution >= 0.6 is 11.6 Å². The molecule has 2 aromatic rings. The van der Waals surface area contributed by atoms with Gasteiger partial charge in [0.05, 0.1) is 11.6 Å². The van der Waals surface area contributed by atoms with Gasteiger partial charge in [0.1, 0.15) is 5.60 Å². The molecular formula is C20H25ClN2O3. The van der Waals surface area contributed by atoms with E-state index in [0.717, 1.165) is 17.6 Å². The van der Waals surface area contributed by atoms with Crippen molar-refractivity contribution in [3.63, 3.8) is 0 Å². The Hall–Kier alpha value is -2.01. The van der Waals surface area contributed by atoms with Gasteiger partial charge in [-0.15, -0.1) is 0 Å². The monoisotopic (exact) mass is 376 g/mol. The van der Waals surface area contributed by atoms with Crippen LogP contribution in [-0.2, 0) is 4.74 Å². The highest BCUT2D eigenvalue weighted by atomic mass is 35.5. The summed E-state index contributed by atoms with van der Waals surface area (Å²) < 4.78 is 7.61. The number of hydrogen-bond acceptors (Lipinski definition) is 3. The molecule has 1 aromatic carbocycles. The Balaban J connectivity index is 2.09. The molecule has 3 rings (SSSR count). The van der Waals surface area contributed by atoms with E-state index in [2.05, 4.69) is 18.4 Å². The topological polar surface area (TPSA) is 51.5 Å². The SMILES string of the molecule is CC(C)n1c(C2CCN2C(=O)OC(C)(C)C)cc(=O)c2ccc(Cl)cc21. The Labute approximate surface area is 158 Å². The van der Waals surface area contributed by atoms with Crippen molar-refractivity contribution < 1.29 is 9.53 Å². The van der Waals surface area contributed by atoms with Crippen molar-refractivity contribution in [2.75, 3.05) is 6.54 Å². The molecule has 1 aromatic heterocycles. The van der Waals surface area contributed by atoms with E-state index in [-0.39, 0.29) is 23.6 Å². The van der Waals surface area contributed by atoms with Gasteiger partial charge in [-0.05, 0) is 59.2 Å². The number of carbonyl (C=O) groups excluding carboxylic acids is 1. The van der Waals surface area contributed by atoms with Gasteiger partial charge in [-0.1, -0.05) is 11.6 Å². The van der Waals surface area contributed by atoms with E-state index in [1.54, 1.807) is 23.1 Å². The molecule has 1 aliphatic heterocycles. The lowest BCUT2D eigenvalue weighted by Gasteiger charge is -2.43. The number of benzene rings is 1. The number of rotatable bonds is 2. The highest BCUT2D eigenvalue weighted by Crippen LogP contribution is 2.36. The van der Waals surface area contributed by atoms with Crippen LogP contribution in [0.3, 0.4) is 0 Å². The number of amides is 1. The quantitative estimate of drug-likeness (QED) is 0.747. The van der Waals surface area contributed by atoms with E-state index < -0.39 is 5.60 Å². The molecule has 6 heteroatoms. The van der Waals surface area contributed by atoms with Crippen LogP contribution < -0.4 is 5.43 Å².